The fraction of sp³-hybridized carbons (Fsp3) is 0.0667. The topological polar surface area (TPSA) is 150 Å². The van der Waals surface area contributed by atoms with Crippen molar-refractivity contribution in [3.8, 4) is 11.1 Å². The number of nitrogens with zero attached hydrogens (tertiary/aromatic N) is 2. The number of benzene rings is 2. The molecule has 0 unspecified atom stereocenters. The molecule has 0 fully saturated rings. The maximum absolute atomic E-state index is 11.7. The molecule has 0 aliphatic carbocycles. The van der Waals surface area contributed by atoms with E-state index in [9.17, 15) is 29.8 Å². The van der Waals surface area contributed by atoms with Gasteiger partial charge in [-0.1, -0.05) is 0 Å². The highest BCUT2D eigenvalue weighted by Crippen LogP contribution is 2.30. The summed E-state index contributed by atoms with van der Waals surface area (Å²) in [6.45, 7) is 0. The molecule has 2 aromatic rings. The second kappa shape index (κ2) is 6.74. The summed E-state index contributed by atoms with van der Waals surface area (Å²) in [6, 6.07) is 6.35. The molecule has 0 bridgehead atoms. The van der Waals surface area contributed by atoms with E-state index in [0.29, 0.717) is 0 Å². The first-order valence-electron chi connectivity index (χ1n) is 6.64. The first-order chi connectivity index (χ1) is 11.7. The summed E-state index contributed by atoms with van der Waals surface area (Å²) in [7, 11) is 1.09. The van der Waals surface area contributed by atoms with Crippen LogP contribution in [-0.2, 0) is 4.74 Å². The second-order valence-electron chi connectivity index (χ2n) is 4.85. The molecular formula is C15H10N2O8. The predicted molar refractivity (Wildman–Crippen MR) is 83.5 cm³/mol. The summed E-state index contributed by atoms with van der Waals surface area (Å²) in [6.07, 6.45) is 0. The molecule has 2 aromatic carbocycles. The fourth-order valence-electron chi connectivity index (χ4n) is 2.13. The van der Waals surface area contributed by atoms with Crippen LogP contribution in [0.3, 0.4) is 0 Å². The van der Waals surface area contributed by atoms with E-state index in [-0.39, 0.29) is 22.3 Å². The summed E-state index contributed by atoms with van der Waals surface area (Å²) in [5.41, 5.74) is -1.34. The Morgan fingerprint density at radius 1 is 0.880 bits per heavy atom. The molecule has 0 saturated carbocycles. The average molecular weight is 346 g/mol. The minimum Gasteiger partial charge on any atom is -0.478 e. The number of hydrogen-bond acceptors (Lipinski definition) is 7. The van der Waals surface area contributed by atoms with Gasteiger partial charge in [-0.2, -0.15) is 0 Å². The van der Waals surface area contributed by atoms with Gasteiger partial charge in [0.2, 0.25) is 0 Å². The molecule has 0 aliphatic heterocycles. The van der Waals surface area contributed by atoms with Gasteiger partial charge >= 0.3 is 11.9 Å². The molecule has 0 atom stereocenters. The van der Waals surface area contributed by atoms with Gasteiger partial charge in [-0.15, -0.1) is 0 Å². The Morgan fingerprint density at radius 2 is 1.32 bits per heavy atom. The van der Waals surface area contributed by atoms with Crippen molar-refractivity contribution in [1.82, 2.24) is 0 Å². The zero-order valence-corrected chi connectivity index (χ0v) is 12.7. The Kier molecular flexibility index (Phi) is 4.73. The van der Waals surface area contributed by atoms with E-state index < -0.39 is 33.2 Å². The Balaban J connectivity index is 2.73. The molecule has 10 heteroatoms. The van der Waals surface area contributed by atoms with Gasteiger partial charge in [-0.05, 0) is 23.3 Å². The van der Waals surface area contributed by atoms with Gasteiger partial charge in [-0.25, -0.2) is 9.59 Å². The standard InChI is InChI=1S/C15H10N2O8/c1-25-15(20)11-3-9(5-13(7-11)17(23)24)8-2-10(14(18)19)6-12(4-8)16(21)22/h2-7H,1H3,(H,18,19). The molecule has 1 N–H and O–H groups in total. The third-order valence-electron chi connectivity index (χ3n) is 3.26. The van der Waals surface area contributed by atoms with E-state index in [1.807, 2.05) is 0 Å². The number of carbonyl (C=O) groups is 2. The van der Waals surface area contributed by atoms with Crippen LogP contribution in [0.5, 0.6) is 0 Å². The minimum absolute atomic E-state index is 0.0421. The number of methoxy groups -OCH3 is 1. The summed E-state index contributed by atoms with van der Waals surface area (Å²) < 4.78 is 4.52. The van der Waals surface area contributed by atoms with Gasteiger partial charge in [0.05, 0.1) is 28.1 Å². The minimum atomic E-state index is -1.40. The number of non-ortho nitro benzene ring substituents is 2. The van der Waals surface area contributed by atoms with E-state index in [1.54, 1.807) is 0 Å². The lowest BCUT2D eigenvalue weighted by atomic mass is 9.99. The van der Waals surface area contributed by atoms with Crippen LogP contribution in [-0.4, -0.2) is 34.0 Å². The fourth-order valence-corrected chi connectivity index (χ4v) is 2.13. The Bertz CT molecular complexity index is 874. The highest BCUT2D eigenvalue weighted by molar-refractivity contribution is 5.94. The number of nitro groups is 2. The first-order valence-corrected chi connectivity index (χ1v) is 6.64. The maximum Gasteiger partial charge on any atom is 0.338 e. The molecule has 2 rings (SSSR count). The van der Waals surface area contributed by atoms with Crippen LogP contribution in [0.2, 0.25) is 0 Å². The number of carboxylic acids is 1. The molecule has 0 spiro atoms. The highest BCUT2D eigenvalue weighted by Gasteiger charge is 2.19. The number of nitro benzene ring substituents is 2. The largest absolute Gasteiger partial charge is 0.478 e. The van der Waals surface area contributed by atoms with Crippen molar-refractivity contribution in [2.45, 2.75) is 0 Å². The van der Waals surface area contributed by atoms with Crippen molar-refractivity contribution in [2.24, 2.45) is 0 Å². The molecule has 0 radical (unpaired) electrons. The van der Waals surface area contributed by atoms with Crippen LogP contribution in [0.1, 0.15) is 20.7 Å². The van der Waals surface area contributed by atoms with Crippen molar-refractivity contribution in [2.75, 3.05) is 7.11 Å². The van der Waals surface area contributed by atoms with Crippen molar-refractivity contribution in [3.05, 3.63) is 67.8 Å². The molecular weight excluding hydrogens is 336 g/mol. The summed E-state index contributed by atoms with van der Waals surface area (Å²) in [5, 5.41) is 31.1. The Morgan fingerprint density at radius 3 is 1.72 bits per heavy atom. The number of carboxylic acid groups (broad SMARTS) is 1. The van der Waals surface area contributed by atoms with Gasteiger partial charge in [0.25, 0.3) is 11.4 Å². The van der Waals surface area contributed by atoms with Gasteiger partial charge in [-0.3, -0.25) is 20.2 Å². The summed E-state index contributed by atoms with van der Waals surface area (Å²) >= 11 is 0. The number of hydrogen-bond donors (Lipinski definition) is 1. The van der Waals surface area contributed by atoms with E-state index in [2.05, 4.69) is 4.74 Å². The molecule has 0 aliphatic rings. The van der Waals surface area contributed by atoms with Crippen molar-refractivity contribution in [3.63, 3.8) is 0 Å². The van der Waals surface area contributed by atoms with Crippen LogP contribution < -0.4 is 0 Å². The lowest BCUT2D eigenvalue weighted by molar-refractivity contribution is -0.385. The zero-order chi connectivity index (χ0) is 18.7. The van der Waals surface area contributed by atoms with E-state index in [4.69, 9.17) is 5.11 Å². The Hall–Kier alpha value is -3.82. The highest BCUT2D eigenvalue weighted by atomic mass is 16.6. The van der Waals surface area contributed by atoms with Crippen LogP contribution in [0.25, 0.3) is 11.1 Å². The summed E-state index contributed by atoms with van der Waals surface area (Å²) in [5.74, 6) is -2.24. The van der Waals surface area contributed by atoms with E-state index in [0.717, 1.165) is 37.4 Å². The number of esters is 1. The zero-order valence-electron chi connectivity index (χ0n) is 12.7. The first kappa shape index (κ1) is 17.5. The van der Waals surface area contributed by atoms with E-state index >= 15 is 0 Å². The van der Waals surface area contributed by atoms with Crippen molar-refractivity contribution >= 4 is 23.3 Å². The lowest BCUT2D eigenvalue weighted by Crippen LogP contribution is -2.03. The van der Waals surface area contributed by atoms with Gasteiger partial charge < -0.3 is 9.84 Å². The number of aromatic carboxylic acids is 1. The van der Waals surface area contributed by atoms with Crippen LogP contribution in [0.4, 0.5) is 11.4 Å². The SMILES string of the molecule is COC(=O)c1cc(-c2cc(C(=O)O)cc([N+](=O)[O-])c2)cc([N+](=O)[O-])c1. The normalized spacial score (nSPS) is 10.1. The number of ether oxygens (including phenoxy) is 1. The summed E-state index contributed by atoms with van der Waals surface area (Å²) in [4.78, 5) is 43.3. The quantitative estimate of drug-likeness (QED) is 0.493. The monoisotopic (exact) mass is 346 g/mol. The van der Waals surface area contributed by atoms with Crippen LogP contribution in [0, 0.1) is 20.2 Å². The van der Waals surface area contributed by atoms with Gasteiger partial charge in [0, 0.05) is 24.3 Å². The van der Waals surface area contributed by atoms with E-state index in [1.165, 1.54) is 6.07 Å². The van der Waals surface area contributed by atoms with Crippen molar-refractivity contribution < 1.29 is 29.3 Å². The molecule has 0 amide bonds. The van der Waals surface area contributed by atoms with Crippen LogP contribution >= 0.6 is 0 Å². The molecule has 0 aromatic heterocycles. The van der Waals surface area contributed by atoms with Gasteiger partial charge in [0.15, 0.2) is 0 Å². The number of carbonyl (C=O) groups excluding carboxylic acids is 1. The molecule has 0 heterocycles. The van der Waals surface area contributed by atoms with Crippen LogP contribution in [0.15, 0.2) is 36.4 Å². The lowest BCUT2D eigenvalue weighted by Gasteiger charge is -2.07. The predicted octanol–water partition coefficient (Wildman–Crippen LogP) is 2.65. The maximum atomic E-state index is 11.7. The third-order valence-corrected chi connectivity index (χ3v) is 3.26. The molecule has 0 saturated heterocycles. The van der Waals surface area contributed by atoms with Crippen molar-refractivity contribution in [1.29, 1.82) is 0 Å². The third kappa shape index (κ3) is 3.75. The number of rotatable bonds is 5. The second-order valence-corrected chi connectivity index (χ2v) is 4.85. The van der Waals surface area contributed by atoms with Gasteiger partial charge in [0.1, 0.15) is 0 Å². The Labute approximate surface area is 139 Å². The smallest absolute Gasteiger partial charge is 0.338 e. The average Bonchev–Trinajstić information content (AvgIpc) is 2.59. The molecule has 10 nitrogen and oxygen atoms in total. The molecule has 25 heavy (non-hydrogen) atoms. The molecule has 128 valence electrons.